The summed E-state index contributed by atoms with van der Waals surface area (Å²) >= 11 is 11.7. The second-order valence-corrected chi connectivity index (χ2v) is 4.96. The molecule has 20 heavy (non-hydrogen) atoms. The van der Waals surface area contributed by atoms with Crippen molar-refractivity contribution in [2.45, 2.75) is 26.3 Å². The van der Waals surface area contributed by atoms with E-state index in [9.17, 15) is 9.59 Å². The van der Waals surface area contributed by atoms with Crippen LogP contribution in [0.25, 0.3) is 0 Å². The Morgan fingerprint density at radius 2 is 2.05 bits per heavy atom. The van der Waals surface area contributed by atoms with Crippen LogP contribution in [0.5, 0.6) is 5.75 Å². The molecule has 0 saturated carbocycles. The van der Waals surface area contributed by atoms with Crippen molar-refractivity contribution in [3.05, 3.63) is 28.2 Å². The smallest absolute Gasteiger partial charge is 0.321 e. The number of imide groups is 1. The molecule has 110 valence electrons. The molecular formula is C13H16Cl2N2O3. The topological polar surface area (TPSA) is 67.4 Å². The third-order valence-corrected chi connectivity index (χ3v) is 3.32. The van der Waals surface area contributed by atoms with E-state index in [-0.39, 0.29) is 23.4 Å². The van der Waals surface area contributed by atoms with Gasteiger partial charge in [0.1, 0.15) is 10.8 Å². The molecule has 0 bridgehead atoms. The van der Waals surface area contributed by atoms with Crippen LogP contribution in [-0.2, 0) is 4.79 Å². The lowest BCUT2D eigenvalue weighted by Gasteiger charge is -2.12. The molecule has 0 radical (unpaired) electrons. The Kier molecular flexibility index (Phi) is 6.61. The van der Waals surface area contributed by atoms with Crippen LogP contribution < -0.4 is 15.4 Å². The van der Waals surface area contributed by atoms with Crippen LogP contribution in [0.1, 0.15) is 20.3 Å². The van der Waals surface area contributed by atoms with E-state index in [0.717, 1.165) is 6.42 Å². The Morgan fingerprint density at radius 3 is 2.70 bits per heavy atom. The van der Waals surface area contributed by atoms with Gasteiger partial charge in [-0.15, -0.1) is 0 Å². The lowest BCUT2D eigenvalue weighted by molar-refractivity contribution is -0.122. The molecule has 7 heteroatoms. The Morgan fingerprint density at radius 1 is 1.35 bits per heavy atom. The summed E-state index contributed by atoms with van der Waals surface area (Å²) in [6.45, 7) is 3.44. The van der Waals surface area contributed by atoms with Crippen molar-refractivity contribution in [3.63, 3.8) is 0 Å². The lowest BCUT2D eigenvalue weighted by Crippen LogP contribution is -2.44. The van der Waals surface area contributed by atoms with E-state index in [1.54, 1.807) is 18.2 Å². The fourth-order valence-corrected chi connectivity index (χ4v) is 1.61. The Balaban J connectivity index is 2.44. The third kappa shape index (κ3) is 5.27. The molecule has 1 rings (SSSR count). The first-order chi connectivity index (χ1) is 9.43. The number of carbonyl (C=O) groups excluding carboxylic acids is 2. The molecule has 0 unspecified atom stereocenters. The predicted molar refractivity (Wildman–Crippen MR) is 78.4 cm³/mol. The van der Waals surface area contributed by atoms with Crippen LogP contribution in [-0.4, -0.2) is 24.6 Å². The molecule has 0 aliphatic rings. The molecule has 1 aromatic carbocycles. The van der Waals surface area contributed by atoms with Gasteiger partial charge in [-0.05, 0) is 25.5 Å². The normalized spacial score (nSPS) is 11.6. The van der Waals surface area contributed by atoms with Crippen molar-refractivity contribution in [3.8, 4) is 5.75 Å². The number of halogens is 2. The quantitative estimate of drug-likeness (QED) is 0.877. The van der Waals surface area contributed by atoms with Gasteiger partial charge < -0.3 is 10.1 Å². The summed E-state index contributed by atoms with van der Waals surface area (Å²) in [6, 6.07) is 4.28. The van der Waals surface area contributed by atoms with Crippen molar-refractivity contribution in [1.82, 2.24) is 10.6 Å². The zero-order chi connectivity index (χ0) is 15.1. The summed E-state index contributed by atoms with van der Waals surface area (Å²) in [5.74, 6) is -0.279. The number of hydrogen-bond donors (Lipinski definition) is 2. The average Bonchev–Trinajstić information content (AvgIpc) is 2.40. The molecule has 3 amide bonds. The second-order valence-electron chi connectivity index (χ2n) is 4.17. The van der Waals surface area contributed by atoms with Crippen LogP contribution in [0.3, 0.4) is 0 Å². The molecule has 1 atom stereocenters. The van der Waals surface area contributed by atoms with Gasteiger partial charge in [0.25, 0.3) is 5.91 Å². The summed E-state index contributed by atoms with van der Waals surface area (Å²) in [7, 11) is 0. The van der Waals surface area contributed by atoms with Gasteiger partial charge in [-0.3, -0.25) is 10.1 Å². The van der Waals surface area contributed by atoms with Gasteiger partial charge in [0.2, 0.25) is 0 Å². The van der Waals surface area contributed by atoms with Gasteiger partial charge in [0.15, 0.2) is 6.61 Å². The molecule has 0 aromatic heterocycles. The molecule has 0 aliphatic carbocycles. The Hall–Kier alpha value is -1.46. The molecule has 0 saturated heterocycles. The number of rotatable bonds is 5. The molecule has 0 spiro atoms. The fraction of sp³-hybridized carbons (Fsp3) is 0.385. The van der Waals surface area contributed by atoms with E-state index < -0.39 is 11.9 Å². The first kappa shape index (κ1) is 16.6. The largest absolute Gasteiger partial charge is 0.482 e. The maximum absolute atomic E-state index is 11.5. The number of carbonyl (C=O) groups is 2. The summed E-state index contributed by atoms with van der Waals surface area (Å²) in [5, 5.41) is 5.33. The Bertz CT molecular complexity index is 495. The minimum Gasteiger partial charge on any atom is -0.482 e. The van der Waals surface area contributed by atoms with Gasteiger partial charge in [-0.2, -0.15) is 0 Å². The van der Waals surface area contributed by atoms with Crippen LogP contribution in [0.15, 0.2) is 18.2 Å². The molecule has 2 N–H and O–H groups in total. The maximum atomic E-state index is 11.5. The monoisotopic (exact) mass is 318 g/mol. The van der Waals surface area contributed by atoms with Gasteiger partial charge in [-0.25, -0.2) is 4.79 Å². The summed E-state index contributed by atoms with van der Waals surface area (Å²) in [4.78, 5) is 22.9. The van der Waals surface area contributed by atoms with Crippen LogP contribution >= 0.6 is 23.2 Å². The van der Waals surface area contributed by atoms with Crippen molar-refractivity contribution < 1.29 is 14.3 Å². The van der Waals surface area contributed by atoms with Crippen LogP contribution in [0.2, 0.25) is 10.0 Å². The number of benzene rings is 1. The zero-order valence-corrected chi connectivity index (χ0v) is 12.7. The van der Waals surface area contributed by atoms with E-state index in [1.807, 2.05) is 13.8 Å². The highest BCUT2D eigenvalue weighted by atomic mass is 35.5. The minimum atomic E-state index is -0.568. The number of ether oxygens (including phenoxy) is 1. The summed E-state index contributed by atoms with van der Waals surface area (Å²) in [5.41, 5.74) is 0. The van der Waals surface area contributed by atoms with E-state index in [4.69, 9.17) is 27.9 Å². The standard InChI is InChI=1S/C13H16Cl2N2O3/c1-3-8(2)16-13(19)17-11(18)7-20-10-6-4-5-9(14)12(10)15/h4-6,8H,3,7H2,1-2H3,(H2,16,17,18,19)/t8-/m1/s1. The lowest BCUT2D eigenvalue weighted by atomic mass is 10.3. The first-order valence-electron chi connectivity index (χ1n) is 6.11. The Labute approximate surface area is 127 Å². The van der Waals surface area contributed by atoms with E-state index in [2.05, 4.69) is 10.6 Å². The fourth-order valence-electron chi connectivity index (χ4n) is 1.26. The molecule has 0 aliphatic heterocycles. The van der Waals surface area contributed by atoms with E-state index >= 15 is 0 Å². The van der Waals surface area contributed by atoms with Crippen molar-refractivity contribution >= 4 is 35.1 Å². The highest BCUT2D eigenvalue weighted by Gasteiger charge is 2.12. The predicted octanol–water partition coefficient (Wildman–Crippen LogP) is 3.00. The second kappa shape index (κ2) is 7.97. The van der Waals surface area contributed by atoms with Gasteiger partial charge >= 0.3 is 6.03 Å². The number of hydrogen-bond acceptors (Lipinski definition) is 3. The van der Waals surface area contributed by atoms with Crippen molar-refractivity contribution in [2.24, 2.45) is 0 Å². The molecule has 1 aromatic rings. The van der Waals surface area contributed by atoms with Gasteiger partial charge in [0, 0.05) is 6.04 Å². The molecule has 0 fully saturated rings. The maximum Gasteiger partial charge on any atom is 0.321 e. The van der Waals surface area contributed by atoms with E-state index in [1.165, 1.54) is 0 Å². The van der Waals surface area contributed by atoms with E-state index in [0.29, 0.717) is 5.02 Å². The SMILES string of the molecule is CC[C@@H](C)NC(=O)NC(=O)COc1cccc(Cl)c1Cl. The summed E-state index contributed by atoms with van der Waals surface area (Å²) in [6.07, 6.45) is 0.774. The molecule has 0 heterocycles. The number of amides is 3. The molecular weight excluding hydrogens is 303 g/mol. The zero-order valence-electron chi connectivity index (χ0n) is 11.2. The van der Waals surface area contributed by atoms with Crippen LogP contribution in [0.4, 0.5) is 4.79 Å². The summed E-state index contributed by atoms with van der Waals surface area (Å²) < 4.78 is 5.20. The average molecular weight is 319 g/mol. The third-order valence-electron chi connectivity index (χ3n) is 2.52. The highest BCUT2D eigenvalue weighted by Crippen LogP contribution is 2.31. The van der Waals surface area contributed by atoms with Crippen molar-refractivity contribution in [2.75, 3.05) is 6.61 Å². The van der Waals surface area contributed by atoms with Crippen LogP contribution in [0, 0.1) is 0 Å². The molecule has 5 nitrogen and oxygen atoms in total. The highest BCUT2D eigenvalue weighted by molar-refractivity contribution is 6.42. The van der Waals surface area contributed by atoms with Gasteiger partial charge in [-0.1, -0.05) is 36.2 Å². The number of urea groups is 1. The van der Waals surface area contributed by atoms with Gasteiger partial charge in [0.05, 0.1) is 5.02 Å². The van der Waals surface area contributed by atoms with Crippen molar-refractivity contribution in [1.29, 1.82) is 0 Å². The number of nitrogens with one attached hydrogen (secondary N) is 2. The first-order valence-corrected chi connectivity index (χ1v) is 6.86. The minimum absolute atomic E-state index is 0.00825.